The zero-order valence-electron chi connectivity index (χ0n) is 15.9. The molecule has 0 unspecified atom stereocenters. The third kappa shape index (κ3) is 4.98. The fourth-order valence-corrected chi connectivity index (χ4v) is 2.70. The second-order valence-corrected chi connectivity index (χ2v) is 6.00. The van der Waals surface area contributed by atoms with Gasteiger partial charge in [-0.3, -0.25) is 4.90 Å². The molecule has 0 spiro atoms. The van der Waals surface area contributed by atoms with E-state index in [4.69, 9.17) is 19.9 Å². The summed E-state index contributed by atoms with van der Waals surface area (Å²) in [6.07, 6.45) is 3.29. The molecule has 0 aliphatic carbocycles. The maximum atomic E-state index is 12.6. The number of nitrogen functional groups attached to an aromatic ring is 1. The molecule has 10 nitrogen and oxygen atoms in total. The second-order valence-electron chi connectivity index (χ2n) is 6.00. The third-order valence-corrected chi connectivity index (χ3v) is 4.05. The zero-order chi connectivity index (χ0) is 20.6. The molecule has 0 saturated heterocycles. The summed E-state index contributed by atoms with van der Waals surface area (Å²) >= 11 is 0. The van der Waals surface area contributed by atoms with Gasteiger partial charge >= 0.3 is 12.1 Å². The number of anilines is 2. The minimum atomic E-state index is -0.682. The Morgan fingerprint density at radius 2 is 2.07 bits per heavy atom. The summed E-state index contributed by atoms with van der Waals surface area (Å²) in [7, 11) is 0. The average molecular weight is 399 g/mol. The van der Waals surface area contributed by atoms with Gasteiger partial charge < -0.3 is 19.9 Å². The maximum absolute atomic E-state index is 12.6. The van der Waals surface area contributed by atoms with Gasteiger partial charge in [0.25, 0.3) is 0 Å². The lowest BCUT2D eigenvalue weighted by Crippen LogP contribution is -2.34. The van der Waals surface area contributed by atoms with Crippen LogP contribution in [0.5, 0.6) is 11.8 Å². The van der Waals surface area contributed by atoms with Gasteiger partial charge in [0.15, 0.2) is 17.3 Å². The van der Waals surface area contributed by atoms with Crippen LogP contribution in [0.25, 0.3) is 0 Å². The highest BCUT2D eigenvalue weighted by Gasteiger charge is 2.26. The summed E-state index contributed by atoms with van der Waals surface area (Å²) in [5, 5.41) is 2.91. The highest BCUT2D eigenvalue weighted by molar-refractivity contribution is 5.91. The number of aromatic nitrogens is 2. The van der Waals surface area contributed by atoms with E-state index < -0.39 is 6.09 Å². The molecule has 2 aromatic rings. The van der Waals surface area contributed by atoms with Crippen molar-refractivity contribution in [2.45, 2.75) is 13.3 Å². The van der Waals surface area contributed by atoms with E-state index in [1.165, 1.54) is 4.90 Å². The average Bonchev–Trinajstić information content (AvgIpc) is 2.71. The molecule has 1 amide bonds. The summed E-state index contributed by atoms with van der Waals surface area (Å²) in [6.45, 7) is 2.51. The highest BCUT2D eigenvalue weighted by atomic mass is 16.6. The Morgan fingerprint density at radius 1 is 1.28 bits per heavy atom. The van der Waals surface area contributed by atoms with Gasteiger partial charge in [0.05, 0.1) is 6.61 Å². The normalized spacial score (nSPS) is 14.0. The van der Waals surface area contributed by atoms with Crippen LogP contribution in [0.4, 0.5) is 22.1 Å². The van der Waals surface area contributed by atoms with Gasteiger partial charge in [-0.2, -0.15) is 9.97 Å². The number of hydrogen-bond acceptors (Lipinski definition) is 9. The number of hydrogen-bond donors (Lipinski definition) is 1. The lowest BCUT2D eigenvalue weighted by molar-refractivity contribution is 0.159. The van der Waals surface area contributed by atoms with Crippen LogP contribution >= 0.6 is 0 Å². The first-order valence-corrected chi connectivity index (χ1v) is 9.07. The molecule has 0 atom stereocenters. The number of amides is 1. The molecule has 4 bridgehead atoms. The van der Waals surface area contributed by atoms with E-state index in [1.807, 2.05) is 24.3 Å². The number of nitroso groups, excluding NO2 is 1. The molecule has 29 heavy (non-hydrogen) atoms. The van der Waals surface area contributed by atoms with Crippen LogP contribution in [-0.4, -0.2) is 42.4 Å². The molecule has 10 heteroatoms. The van der Waals surface area contributed by atoms with Crippen molar-refractivity contribution >= 4 is 23.4 Å². The molecule has 0 fully saturated rings. The van der Waals surface area contributed by atoms with Gasteiger partial charge in [0, 0.05) is 6.54 Å². The molecule has 1 aliphatic heterocycles. The van der Waals surface area contributed by atoms with Crippen molar-refractivity contribution in [3.63, 3.8) is 0 Å². The van der Waals surface area contributed by atoms with Gasteiger partial charge in [-0.15, -0.1) is 4.91 Å². The summed E-state index contributed by atoms with van der Waals surface area (Å²) in [6, 6.07) is 7.42. The number of carbonyl (C=O) groups excluding carboxylic acids is 1. The predicted octanol–water partition coefficient (Wildman–Crippen LogP) is 2.99. The maximum Gasteiger partial charge on any atom is 0.415 e. The summed E-state index contributed by atoms with van der Waals surface area (Å²) in [5.41, 5.74) is 6.53. The first-order valence-electron chi connectivity index (χ1n) is 9.07. The van der Waals surface area contributed by atoms with Crippen LogP contribution in [0.1, 0.15) is 12.5 Å². The summed E-state index contributed by atoms with van der Waals surface area (Å²) in [4.78, 5) is 33.3. The number of rotatable bonds is 2. The molecule has 3 rings (SSSR count). The van der Waals surface area contributed by atoms with Gasteiger partial charge in [0.2, 0.25) is 0 Å². The van der Waals surface area contributed by atoms with Crippen molar-refractivity contribution in [3.05, 3.63) is 46.9 Å². The topological polar surface area (TPSA) is 129 Å². The van der Waals surface area contributed by atoms with Gasteiger partial charge in [0.1, 0.15) is 19.0 Å². The van der Waals surface area contributed by atoms with Crippen LogP contribution < -0.4 is 20.1 Å². The van der Waals surface area contributed by atoms with E-state index in [9.17, 15) is 9.70 Å². The number of ether oxygens (including phenoxy) is 3. The lowest BCUT2D eigenvalue weighted by Gasteiger charge is -2.22. The minimum Gasteiger partial charge on any atom is -0.490 e. The smallest absolute Gasteiger partial charge is 0.415 e. The summed E-state index contributed by atoms with van der Waals surface area (Å²) in [5.74, 6) is 0.450. The molecular weight excluding hydrogens is 378 g/mol. The fraction of sp³-hybridized carbons (Fsp3) is 0.316. The van der Waals surface area contributed by atoms with Gasteiger partial charge in [-0.1, -0.05) is 12.1 Å². The Morgan fingerprint density at radius 3 is 2.83 bits per heavy atom. The van der Waals surface area contributed by atoms with Crippen molar-refractivity contribution in [1.29, 1.82) is 0 Å². The predicted molar refractivity (Wildman–Crippen MR) is 107 cm³/mol. The standard InChI is InChI=1S/C19H21N5O5/c1-2-27-19(25)24-9-8-13-6-5-7-14(12-13)28-10-3-4-11-29-18-21-16(20)15(23-26)17(24)22-18/h3-7,12H,2,8-11H2,1H3,(H2,20,21,22). The first kappa shape index (κ1) is 20.1. The number of nitrogens with two attached hydrogens (primary N) is 1. The van der Waals surface area contributed by atoms with E-state index >= 15 is 0 Å². The van der Waals surface area contributed by atoms with Crippen molar-refractivity contribution in [1.82, 2.24) is 9.97 Å². The van der Waals surface area contributed by atoms with E-state index in [0.717, 1.165) is 5.56 Å². The Hall–Kier alpha value is -3.69. The quantitative estimate of drug-likeness (QED) is 0.603. The Kier molecular flexibility index (Phi) is 6.56. The molecule has 152 valence electrons. The molecule has 2 N–H and O–H groups in total. The van der Waals surface area contributed by atoms with E-state index in [1.54, 1.807) is 19.1 Å². The number of nitrogens with zero attached hydrogens (tertiary/aromatic N) is 4. The van der Waals surface area contributed by atoms with E-state index in [-0.39, 0.29) is 43.1 Å². The molecule has 0 radical (unpaired) electrons. The summed E-state index contributed by atoms with van der Waals surface area (Å²) < 4.78 is 16.3. The van der Waals surface area contributed by atoms with Crippen molar-refractivity contribution in [3.8, 4) is 11.8 Å². The van der Waals surface area contributed by atoms with Crippen LogP contribution in [0, 0.1) is 4.91 Å². The molecule has 1 aromatic carbocycles. The second kappa shape index (κ2) is 9.49. The number of carbonyl (C=O) groups is 1. The zero-order valence-corrected chi connectivity index (χ0v) is 15.9. The molecular formula is C19H21N5O5. The Bertz CT molecular complexity index is 918. The Labute approximate surface area is 167 Å². The first-order chi connectivity index (χ1) is 14.1. The molecule has 1 aliphatic rings. The molecule has 0 saturated carbocycles. The fourth-order valence-electron chi connectivity index (χ4n) is 2.70. The Balaban J connectivity index is 2.04. The van der Waals surface area contributed by atoms with Crippen molar-refractivity contribution in [2.75, 3.05) is 37.0 Å². The van der Waals surface area contributed by atoms with Crippen LogP contribution in [0.15, 0.2) is 41.6 Å². The lowest BCUT2D eigenvalue weighted by atomic mass is 10.1. The molecule has 1 aromatic heterocycles. The van der Waals surface area contributed by atoms with E-state index in [0.29, 0.717) is 18.8 Å². The van der Waals surface area contributed by atoms with Crippen molar-refractivity contribution in [2.24, 2.45) is 5.18 Å². The van der Waals surface area contributed by atoms with Crippen LogP contribution in [0.3, 0.4) is 0 Å². The van der Waals surface area contributed by atoms with Gasteiger partial charge in [-0.05, 0) is 48.4 Å². The third-order valence-electron chi connectivity index (χ3n) is 4.05. The van der Waals surface area contributed by atoms with Crippen LogP contribution in [0.2, 0.25) is 0 Å². The number of benzene rings is 1. The molecule has 2 heterocycles. The largest absolute Gasteiger partial charge is 0.490 e. The van der Waals surface area contributed by atoms with E-state index in [2.05, 4.69) is 15.1 Å². The highest BCUT2D eigenvalue weighted by Crippen LogP contribution is 2.34. The van der Waals surface area contributed by atoms with Gasteiger partial charge in [-0.25, -0.2) is 4.79 Å². The van der Waals surface area contributed by atoms with Crippen molar-refractivity contribution < 1.29 is 19.0 Å². The SMILES string of the molecule is CCOC(=O)N1CCc2cccc(c2)OCC=CCOc2nc(N)c(N=O)c1n2. The number of fused-ring (bicyclic) bond motifs is 4. The monoisotopic (exact) mass is 399 g/mol. The van der Waals surface area contributed by atoms with Crippen LogP contribution in [-0.2, 0) is 11.2 Å². The minimum absolute atomic E-state index is 0.0628.